The third kappa shape index (κ3) is 3.27. The van der Waals surface area contributed by atoms with E-state index in [0.717, 1.165) is 24.4 Å². The van der Waals surface area contributed by atoms with E-state index in [4.69, 9.17) is 4.74 Å². The lowest BCUT2D eigenvalue weighted by molar-refractivity contribution is 0.117. The molecule has 0 radical (unpaired) electrons. The number of rotatable bonds is 3. The zero-order chi connectivity index (χ0) is 13.8. The first-order valence-electron chi connectivity index (χ1n) is 6.91. The molecule has 1 aliphatic heterocycles. The third-order valence-corrected chi connectivity index (χ3v) is 3.79. The molecular formula is C16H22N2O. The van der Waals surface area contributed by atoms with Crippen LogP contribution in [0.25, 0.3) is 0 Å². The third-order valence-electron chi connectivity index (χ3n) is 3.79. The maximum atomic E-state index is 9.54. The van der Waals surface area contributed by atoms with E-state index < -0.39 is 0 Å². The topological polar surface area (TPSA) is 36.3 Å². The number of methoxy groups -OCH3 is 1. The summed E-state index contributed by atoms with van der Waals surface area (Å²) in [6.45, 7) is 6.53. The van der Waals surface area contributed by atoms with Crippen molar-refractivity contribution in [2.45, 2.75) is 26.3 Å². The Hall–Kier alpha value is -1.53. The second kappa shape index (κ2) is 6.08. The summed E-state index contributed by atoms with van der Waals surface area (Å²) in [5.74, 6) is 2.13. The van der Waals surface area contributed by atoms with E-state index in [0.29, 0.717) is 11.8 Å². The second-order valence-corrected chi connectivity index (χ2v) is 5.71. The van der Waals surface area contributed by atoms with Gasteiger partial charge >= 0.3 is 0 Å². The van der Waals surface area contributed by atoms with Crippen LogP contribution in [0.3, 0.4) is 0 Å². The highest BCUT2D eigenvalue weighted by atomic mass is 16.5. The van der Waals surface area contributed by atoms with Crippen LogP contribution in [-0.2, 0) is 0 Å². The number of benzene rings is 1. The van der Waals surface area contributed by atoms with Gasteiger partial charge in [0, 0.05) is 13.1 Å². The molecule has 3 nitrogen and oxygen atoms in total. The summed E-state index contributed by atoms with van der Waals surface area (Å²) in [6.07, 6.45) is 1.26. The predicted molar refractivity (Wildman–Crippen MR) is 75.9 cm³/mol. The highest BCUT2D eigenvalue weighted by Gasteiger charge is 2.28. The Morgan fingerprint density at radius 1 is 1.32 bits per heavy atom. The standard InChI is InChI=1S/C16H22N2O/c1-12-7-13(2)11-18(10-12)16(9-17)14-5-4-6-15(8-14)19-3/h4-6,8,12-13,16H,7,10-11H2,1-3H3. The molecule has 0 aliphatic carbocycles. The fourth-order valence-corrected chi connectivity index (χ4v) is 3.10. The van der Waals surface area contributed by atoms with Crippen LogP contribution in [0.5, 0.6) is 5.75 Å². The van der Waals surface area contributed by atoms with Gasteiger partial charge in [0.1, 0.15) is 11.8 Å². The summed E-state index contributed by atoms with van der Waals surface area (Å²) in [7, 11) is 1.66. The monoisotopic (exact) mass is 258 g/mol. The van der Waals surface area contributed by atoms with Gasteiger partial charge in [0.15, 0.2) is 0 Å². The van der Waals surface area contributed by atoms with E-state index in [2.05, 4.69) is 24.8 Å². The Kier molecular flexibility index (Phi) is 4.44. The number of piperidine rings is 1. The summed E-state index contributed by atoms with van der Waals surface area (Å²) in [5, 5.41) is 9.54. The molecule has 102 valence electrons. The van der Waals surface area contributed by atoms with Gasteiger partial charge in [-0.15, -0.1) is 0 Å². The molecule has 3 atom stereocenters. The molecule has 1 heterocycles. The van der Waals surface area contributed by atoms with Crippen LogP contribution >= 0.6 is 0 Å². The van der Waals surface area contributed by atoms with E-state index in [1.165, 1.54) is 6.42 Å². The maximum Gasteiger partial charge on any atom is 0.124 e. The highest BCUT2D eigenvalue weighted by Crippen LogP contribution is 2.30. The summed E-state index contributed by atoms with van der Waals surface area (Å²) in [4.78, 5) is 2.30. The van der Waals surface area contributed by atoms with Gasteiger partial charge in [-0.05, 0) is 36.0 Å². The van der Waals surface area contributed by atoms with Gasteiger partial charge in [-0.25, -0.2) is 0 Å². The molecule has 1 aromatic carbocycles. The van der Waals surface area contributed by atoms with E-state index in [1.54, 1.807) is 7.11 Å². The molecule has 1 fully saturated rings. The fourth-order valence-electron chi connectivity index (χ4n) is 3.10. The van der Waals surface area contributed by atoms with Gasteiger partial charge in [-0.1, -0.05) is 26.0 Å². The maximum absolute atomic E-state index is 9.54. The quantitative estimate of drug-likeness (QED) is 0.835. The molecule has 3 unspecified atom stereocenters. The van der Waals surface area contributed by atoms with Crippen molar-refractivity contribution in [3.63, 3.8) is 0 Å². The molecule has 0 spiro atoms. The van der Waals surface area contributed by atoms with E-state index >= 15 is 0 Å². The summed E-state index contributed by atoms with van der Waals surface area (Å²) < 4.78 is 5.25. The molecule has 1 aliphatic rings. The Balaban J connectivity index is 2.21. The lowest BCUT2D eigenvalue weighted by Crippen LogP contribution is -2.40. The highest BCUT2D eigenvalue weighted by molar-refractivity contribution is 5.33. The van der Waals surface area contributed by atoms with Crippen LogP contribution in [0.1, 0.15) is 31.9 Å². The lowest BCUT2D eigenvalue weighted by Gasteiger charge is -2.37. The summed E-state index contributed by atoms with van der Waals surface area (Å²) in [5.41, 5.74) is 1.03. The molecular weight excluding hydrogens is 236 g/mol. The molecule has 1 saturated heterocycles. The first-order chi connectivity index (χ1) is 9.13. The SMILES string of the molecule is COc1cccc(C(C#N)N2CC(C)CC(C)C2)c1. The number of hydrogen-bond donors (Lipinski definition) is 0. The molecule has 0 aromatic heterocycles. The van der Waals surface area contributed by atoms with Gasteiger partial charge in [0.25, 0.3) is 0 Å². The van der Waals surface area contributed by atoms with Crippen LogP contribution in [0.2, 0.25) is 0 Å². The second-order valence-electron chi connectivity index (χ2n) is 5.71. The van der Waals surface area contributed by atoms with Crippen molar-refractivity contribution in [1.82, 2.24) is 4.90 Å². The minimum absolute atomic E-state index is 0.166. The van der Waals surface area contributed by atoms with Crippen LogP contribution < -0.4 is 4.74 Å². The molecule has 1 aromatic rings. The number of ether oxygens (including phenoxy) is 1. The van der Waals surface area contributed by atoms with E-state index in [1.807, 2.05) is 24.3 Å². The molecule has 3 heteroatoms. The number of likely N-dealkylation sites (tertiary alicyclic amines) is 1. The average Bonchev–Trinajstić information content (AvgIpc) is 2.39. The normalized spacial score (nSPS) is 25.6. The van der Waals surface area contributed by atoms with Gasteiger partial charge in [-0.3, -0.25) is 4.90 Å². The van der Waals surface area contributed by atoms with Crippen molar-refractivity contribution >= 4 is 0 Å². The smallest absolute Gasteiger partial charge is 0.124 e. The van der Waals surface area contributed by atoms with Gasteiger partial charge in [0.05, 0.1) is 13.2 Å². The minimum atomic E-state index is -0.166. The average molecular weight is 258 g/mol. The van der Waals surface area contributed by atoms with Gasteiger partial charge in [0.2, 0.25) is 0 Å². The molecule has 0 amide bonds. The van der Waals surface area contributed by atoms with Crippen LogP contribution in [0.15, 0.2) is 24.3 Å². The number of nitriles is 1. The van der Waals surface area contributed by atoms with Crippen molar-refractivity contribution in [3.05, 3.63) is 29.8 Å². The van der Waals surface area contributed by atoms with Crippen molar-refractivity contribution in [3.8, 4) is 11.8 Å². The largest absolute Gasteiger partial charge is 0.497 e. The van der Waals surface area contributed by atoms with Crippen LogP contribution in [0.4, 0.5) is 0 Å². The van der Waals surface area contributed by atoms with Crippen LogP contribution in [0, 0.1) is 23.2 Å². The Morgan fingerprint density at radius 3 is 2.58 bits per heavy atom. The van der Waals surface area contributed by atoms with Crippen molar-refractivity contribution in [2.75, 3.05) is 20.2 Å². The number of nitrogens with zero attached hydrogens (tertiary/aromatic N) is 2. The molecule has 0 bridgehead atoms. The van der Waals surface area contributed by atoms with Crippen LogP contribution in [-0.4, -0.2) is 25.1 Å². The Morgan fingerprint density at radius 2 is 2.00 bits per heavy atom. The van der Waals surface area contributed by atoms with Crippen molar-refractivity contribution in [1.29, 1.82) is 5.26 Å². The predicted octanol–water partition coefficient (Wildman–Crippen LogP) is 3.24. The Bertz CT molecular complexity index is 456. The molecule has 2 rings (SSSR count). The van der Waals surface area contributed by atoms with Gasteiger partial charge in [-0.2, -0.15) is 5.26 Å². The molecule has 19 heavy (non-hydrogen) atoms. The molecule has 0 N–H and O–H groups in total. The Labute approximate surface area is 115 Å². The summed E-state index contributed by atoms with van der Waals surface area (Å²) >= 11 is 0. The summed E-state index contributed by atoms with van der Waals surface area (Å²) in [6, 6.07) is 10.1. The fraction of sp³-hybridized carbons (Fsp3) is 0.562. The zero-order valence-corrected chi connectivity index (χ0v) is 12.0. The van der Waals surface area contributed by atoms with Crippen molar-refractivity contribution < 1.29 is 4.74 Å². The van der Waals surface area contributed by atoms with E-state index in [-0.39, 0.29) is 6.04 Å². The lowest BCUT2D eigenvalue weighted by atomic mass is 9.90. The number of hydrogen-bond acceptors (Lipinski definition) is 3. The minimum Gasteiger partial charge on any atom is -0.497 e. The molecule has 0 saturated carbocycles. The first kappa shape index (κ1) is 13.9. The zero-order valence-electron chi connectivity index (χ0n) is 12.0. The van der Waals surface area contributed by atoms with Gasteiger partial charge < -0.3 is 4.74 Å². The first-order valence-corrected chi connectivity index (χ1v) is 6.91. The van der Waals surface area contributed by atoms with E-state index in [9.17, 15) is 5.26 Å². The van der Waals surface area contributed by atoms with Crippen molar-refractivity contribution in [2.24, 2.45) is 11.8 Å².